The number of benzene rings is 2. The highest BCUT2D eigenvalue weighted by molar-refractivity contribution is 5.67. The molecular weight excluding hydrogens is 324 g/mol. The van der Waals surface area contributed by atoms with Crippen LogP contribution in [0, 0.1) is 10.1 Å². The van der Waals surface area contributed by atoms with Crippen LogP contribution in [0.15, 0.2) is 54.6 Å². The number of hydrogen-bond donors (Lipinski definition) is 1. The Morgan fingerprint density at radius 2 is 1.76 bits per heavy atom. The number of carbonyl (C=O) groups excluding carboxylic acids is 1. The number of nitrogens with one attached hydrogen (secondary N) is 1. The first-order valence-corrected chi connectivity index (χ1v) is 7.97. The number of nitro benzene ring substituents is 1. The molecule has 7 heteroatoms. The van der Waals surface area contributed by atoms with Crippen LogP contribution in [-0.2, 0) is 11.3 Å². The van der Waals surface area contributed by atoms with Crippen LogP contribution in [0.25, 0.3) is 0 Å². The highest BCUT2D eigenvalue weighted by Crippen LogP contribution is 2.25. The molecule has 0 spiro atoms. The molecule has 0 aliphatic rings. The third-order valence-corrected chi connectivity index (χ3v) is 3.37. The molecule has 0 fully saturated rings. The molecule has 0 saturated heterocycles. The standard InChI is InChI=1S/C18H20N2O5/c21-18(25-14-15-8-2-1-3-9-15)19-12-6-7-13-24-17-11-5-4-10-16(17)20(22)23/h1-5,8-11H,6-7,12-14H2,(H,19,21). The van der Waals surface area contributed by atoms with Crippen molar-refractivity contribution < 1.29 is 19.2 Å². The van der Waals surface area contributed by atoms with E-state index in [1.54, 1.807) is 18.2 Å². The Kier molecular flexibility index (Phi) is 7.24. The lowest BCUT2D eigenvalue weighted by Gasteiger charge is -2.08. The Hall–Kier alpha value is -3.09. The first kappa shape index (κ1) is 18.3. The van der Waals surface area contributed by atoms with Crippen LogP contribution in [0.1, 0.15) is 18.4 Å². The molecule has 0 aromatic heterocycles. The fourth-order valence-corrected chi connectivity index (χ4v) is 2.10. The summed E-state index contributed by atoms with van der Waals surface area (Å²) in [5.41, 5.74) is 0.876. The normalized spacial score (nSPS) is 10.1. The van der Waals surface area contributed by atoms with E-state index in [1.807, 2.05) is 30.3 Å². The van der Waals surface area contributed by atoms with Crippen molar-refractivity contribution in [3.63, 3.8) is 0 Å². The molecular formula is C18H20N2O5. The zero-order valence-electron chi connectivity index (χ0n) is 13.7. The predicted molar refractivity (Wildman–Crippen MR) is 92.5 cm³/mol. The van der Waals surface area contributed by atoms with Crippen molar-refractivity contribution in [2.75, 3.05) is 13.2 Å². The molecule has 0 aliphatic carbocycles. The Bertz CT molecular complexity index is 691. The smallest absolute Gasteiger partial charge is 0.407 e. The molecule has 0 radical (unpaired) electrons. The van der Waals surface area contributed by atoms with E-state index < -0.39 is 11.0 Å². The van der Waals surface area contributed by atoms with Crippen LogP contribution < -0.4 is 10.1 Å². The minimum atomic E-state index is -0.473. The van der Waals surface area contributed by atoms with E-state index in [4.69, 9.17) is 9.47 Å². The molecule has 7 nitrogen and oxygen atoms in total. The van der Waals surface area contributed by atoms with Crippen molar-refractivity contribution in [1.82, 2.24) is 5.32 Å². The van der Waals surface area contributed by atoms with Gasteiger partial charge >= 0.3 is 11.8 Å². The van der Waals surface area contributed by atoms with Crippen LogP contribution >= 0.6 is 0 Å². The average molecular weight is 344 g/mol. The van der Waals surface area contributed by atoms with Crippen molar-refractivity contribution in [3.05, 3.63) is 70.3 Å². The number of rotatable bonds is 9. The number of amides is 1. The summed E-state index contributed by atoms with van der Waals surface area (Å²) in [5, 5.41) is 13.5. The number of ether oxygens (including phenoxy) is 2. The topological polar surface area (TPSA) is 90.7 Å². The zero-order chi connectivity index (χ0) is 17.9. The Balaban J connectivity index is 1.57. The van der Waals surface area contributed by atoms with Crippen molar-refractivity contribution >= 4 is 11.8 Å². The van der Waals surface area contributed by atoms with Crippen molar-refractivity contribution in [2.45, 2.75) is 19.4 Å². The number of carbonyl (C=O) groups is 1. The summed E-state index contributed by atoms with van der Waals surface area (Å²) in [4.78, 5) is 21.9. The molecule has 0 unspecified atom stereocenters. The number of para-hydroxylation sites is 2. The molecule has 0 heterocycles. The maximum atomic E-state index is 11.6. The van der Waals surface area contributed by atoms with Gasteiger partial charge in [-0.3, -0.25) is 10.1 Å². The van der Waals surface area contributed by atoms with Crippen LogP contribution in [-0.4, -0.2) is 24.2 Å². The van der Waals surface area contributed by atoms with Gasteiger partial charge in [-0.25, -0.2) is 4.79 Å². The van der Waals surface area contributed by atoms with Gasteiger partial charge in [0.1, 0.15) is 6.61 Å². The predicted octanol–water partition coefficient (Wildman–Crippen LogP) is 3.68. The summed E-state index contributed by atoms with van der Waals surface area (Å²) in [6, 6.07) is 15.7. The van der Waals surface area contributed by atoms with E-state index in [0.717, 1.165) is 5.56 Å². The van der Waals surface area contributed by atoms with Gasteiger partial charge in [-0.1, -0.05) is 42.5 Å². The second kappa shape index (κ2) is 9.92. The van der Waals surface area contributed by atoms with E-state index in [0.29, 0.717) is 26.0 Å². The lowest BCUT2D eigenvalue weighted by atomic mass is 10.2. The Morgan fingerprint density at radius 3 is 2.52 bits per heavy atom. The summed E-state index contributed by atoms with van der Waals surface area (Å²) < 4.78 is 10.5. The molecule has 0 aliphatic heterocycles. The Morgan fingerprint density at radius 1 is 1.04 bits per heavy atom. The number of hydrogen-bond acceptors (Lipinski definition) is 5. The number of unbranched alkanes of at least 4 members (excludes halogenated alkanes) is 1. The van der Waals surface area contributed by atoms with Crippen molar-refractivity contribution in [1.29, 1.82) is 0 Å². The van der Waals surface area contributed by atoms with Gasteiger partial charge < -0.3 is 14.8 Å². The third kappa shape index (κ3) is 6.50. The SMILES string of the molecule is O=C(NCCCCOc1ccccc1[N+](=O)[O-])OCc1ccccc1. The van der Waals surface area contributed by atoms with Crippen LogP contribution in [0.5, 0.6) is 5.75 Å². The number of nitro groups is 1. The zero-order valence-corrected chi connectivity index (χ0v) is 13.7. The van der Waals surface area contributed by atoms with Crippen molar-refractivity contribution in [3.8, 4) is 5.75 Å². The molecule has 2 aromatic carbocycles. The van der Waals surface area contributed by atoms with E-state index in [-0.39, 0.29) is 18.0 Å². The Labute approximate surface area is 145 Å². The lowest BCUT2D eigenvalue weighted by molar-refractivity contribution is -0.385. The second-order valence-corrected chi connectivity index (χ2v) is 5.27. The van der Waals surface area contributed by atoms with Crippen molar-refractivity contribution in [2.24, 2.45) is 0 Å². The van der Waals surface area contributed by atoms with E-state index in [2.05, 4.69) is 5.32 Å². The van der Waals surface area contributed by atoms with Gasteiger partial charge in [0.25, 0.3) is 0 Å². The van der Waals surface area contributed by atoms with Gasteiger partial charge in [0, 0.05) is 12.6 Å². The minimum Gasteiger partial charge on any atom is -0.487 e. The third-order valence-electron chi connectivity index (χ3n) is 3.37. The van der Waals surface area contributed by atoms with E-state index in [9.17, 15) is 14.9 Å². The molecule has 2 aromatic rings. The lowest BCUT2D eigenvalue weighted by Crippen LogP contribution is -2.25. The van der Waals surface area contributed by atoms with Crippen LogP contribution in [0.2, 0.25) is 0 Å². The number of alkyl carbamates (subject to hydrolysis) is 1. The van der Waals surface area contributed by atoms with E-state index >= 15 is 0 Å². The van der Waals surface area contributed by atoms with Crippen LogP contribution in [0.3, 0.4) is 0 Å². The summed E-state index contributed by atoms with van der Waals surface area (Å²) in [5.74, 6) is 0.253. The first-order valence-electron chi connectivity index (χ1n) is 7.97. The maximum absolute atomic E-state index is 11.6. The maximum Gasteiger partial charge on any atom is 0.407 e. The molecule has 0 atom stereocenters. The number of nitrogens with zero attached hydrogens (tertiary/aromatic N) is 1. The van der Waals surface area contributed by atoms with Gasteiger partial charge in [-0.15, -0.1) is 0 Å². The summed E-state index contributed by atoms with van der Waals surface area (Å²) in [6.45, 7) is 1.02. The molecule has 132 valence electrons. The largest absolute Gasteiger partial charge is 0.487 e. The van der Waals surface area contributed by atoms with Gasteiger partial charge in [0.05, 0.1) is 11.5 Å². The first-order chi connectivity index (χ1) is 12.2. The quantitative estimate of drug-likeness (QED) is 0.426. The average Bonchev–Trinajstić information content (AvgIpc) is 2.64. The molecule has 1 N–H and O–H groups in total. The summed E-state index contributed by atoms with van der Waals surface area (Å²) >= 11 is 0. The molecule has 25 heavy (non-hydrogen) atoms. The summed E-state index contributed by atoms with van der Waals surface area (Å²) in [7, 11) is 0. The van der Waals surface area contributed by atoms with Gasteiger partial charge in [-0.05, 0) is 24.5 Å². The van der Waals surface area contributed by atoms with Gasteiger partial charge in [0.2, 0.25) is 0 Å². The highest BCUT2D eigenvalue weighted by atomic mass is 16.6. The van der Waals surface area contributed by atoms with Gasteiger partial charge in [0.15, 0.2) is 5.75 Å². The second-order valence-electron chi connectivity index (χ2n) is 5.27. The summed E-state index contributed by atoms with van der Waals surface area (Å²) in [6.07, 6.45) is 0.870. The van der Waals surface area contributed by atoms with Gasteiger partial charge in [-0.2, -0.15) is 0 Å². The highest BCUT2D eigenvalue weighted by Gasteiger charge is 2.13. The molecule has 2 rings (SSSR count). The molecule has 0 saturated carbocycles. The fraction of sp³-hybridized carbons (Fsp3) is 0.278. The van der Waals surface area contributed by atoms with E-state index in [1.165, 1.54) is 6.07 Å². The fourth-order valence-electron chi connectivity index (χ4n) is 2.10. The molecule has 1 amide bonds. The monoisotopic (exact) mass is 344 g/mol. The molecule has 0 bridgehead atoms. The van der Waals surface area contributed by atoms with Crippen LogP contribution in [0.4, 0.5) is 10.5 Å². The minimum absolute atomic E-state index is 0.0508.